The van der Waals surface area contributed by atoms with Gasteiger partial charge in [-0.2, -0.15) is 0 Å². The molecular weight excluding hydrogens is 293 g/mol. The Kier molecular flexibility index (Phi) is 3.06. The average molecular weight is 303 g/mol. The Hall–Kier alpha value is -2.54. The highest BCUT2D eigenvalue weighted by molar-refractivity contribution is 7.91. The number of fused-ring (bicyclic) bond motifs is 1. The Bertz CT molecular complexity index is 925. The molecule has 0 atom stereocenters. The molecule has 3 rings (SSSR count). The molecule has 5 nitrogen and oxygen atoms in total. The van der Waals surface area contributed by atoms with Gasteiger partial charge in [-0.25, -0.2) is 22.8 Å². The van der Waals surface area contributed by atoms with Crippen molar-refractivity contribution >= 4 is 26.7 Å². The van der Waals surface area contributed by atoms with Crippen LogP contribution in [0.25, 0.3) is 11.0 Å². The fourth-order valence-electron chi connectivity index (χ4n) is 1.92. The number of hydrogen-bond acceptors (Lipinski definition) is 5. The van der Waals surface area contributed by atoms with Crippen LogP contribution in [0.4, 0.5) is 10.2 Å². The lowest BCUT2D eigenvalue weighted by atomic mass is 10.3. The van der Waals surface area contributed by atoms with Crippen LogP contribution in [-0.2, 0) is 9.84 Å². The van der Waals surface area contributed by atoms with E-state index in [9.17, 15) is 12.8 Å². The van der Waals surface area contributed by atoms with Gasteiger partial charge in [0.2, 0.25) is 14.9 Å². The quantitative estimate of drug-likeness (QED) is 0.733. The van der Waals surface area contributed by atoms with Gasteiger partial charge in [0.1, 0.15) is 5.82 Å². The predicted octanol–water partition coefficient (Wildman–Crippen LogP) is 2.18. The largest absolute Gasteiger partial charge is 0.381 e. The molecule has 0 saturated heterocycles. The summed E-state index contributed by atoms with van der Waals surface area (Å²) >= 11 is 0. The SMILES string of the molecule is Nc1nc2ccccc2nc1S(=O)(=O)c1ccc(F)cc1. The van der Waals surface area contributed by atoms with E-state index in [1.165, 1.54) is 12.1 Å². The van der Waals surface area contributed by atoms with E-state index in [0.717, 1.165) is 12.1 Å². The van der Waals surface area contributed by atoms with Crippen LogP contribution in [0, 0.1) is 5.82 Å². The van der Waals surface area contributed by atoms with E-state index >= 15 is 0 Å². The molecule has 0 aliphatic heterocycles. The number of aromatic nitrogens is 2. The van der Waals surface area contributed by atoms with E-state index in [0.29, 0.717) is 11.0 Å². The predicted molar refractivity (Wildman–Crippen MR) is 75.8 cm³/mol. The molecule has 0 amide bonds. The highest BCUT2D eigenvalue weighted by Gasteiger charge is 2.24. The molecule has 7 heteroatoms. The number of hydrogen-bond donors (Lipinski definition) is 1. The first-order chi connectivity index (χ1) is 9.98. The Balaban J connectivity index is 2.23. The summed E-state index contributed by atoms with van der Waals surface area (Å²) in [6, 6.07) is 11.3. The third kappa shape index (κ3) is 2.31. The number of halogens is 1. The zero-order valence-electron chi connectivity index (χ0n) is 10.7. The van der Waals surface area contributed by atoms with Crippen LogP contribution in [0.15, 0.2) is 58.5 Å². The van der Waals surface area contributed by atoms with Gasteiger partial charge in [0.15, 0.2) is 5.82 Å². The molecule has 3 aromatic rings. The second-order valence-electron chi connectivity index (χ2n) is 4.36. The maximum atomic E-state index is 12.9. The lowest BCUT2D eigenvalue weighted by Crippen LogP contribution is -2.10. The van der Waals surface area contributed by atoms with Crippen molar-refractivity contribution < 1.29 is 12.8 Å². The summed E-state index contributed by atoms with van der Waals surface area (Å²) in [6.45, 7) is 0. The number of nitrogens with two attached hydrogens (primary N) is 1. The number of anilines is 1. The normalized spacial score (nSPS) is 11.7. The lowest BCUT2D eigenvalue weighted by Gasteiger charge is -2.07. The van der Waals surface area contributed by atoms with Crippen LogP contribution in [-0.4, -0.2) is 18.4 Å². The Morgan fingerprint density at radius 2 is 1.48 bits per heavy atom. The highest BCUT2D eigenvalue weighted by Crippen LogP contribution is 2.25. The molecule has 0 saturated carbocycles. The van der Waals surface area contributed by atoms with Gasteiger partial charge in [-0.3, -0.25) is 0 Å². The Labute approximate surface area is 120 Å². The first kappa shape index (κ1) is 13.4. The number of rotatable bonds is 2. The van der Waals surface area contributed by atoms with E-state index in [2.05, 4.69) is 9.97 Å². The highest BCUT2D eigenvalue weighted by atomic mass is 32.2. The molecule has 106 valence electrons. The van der Waals surface area contributed by atoms with Crippen molar-refractivity contribution in [3.8, 4) is 0 Å². The number of nitrogen functional groups attached to an aromatic ring is 1. The average Bonchev–Trinajstić information content (AvgIpc) is 2.47. The number of nitrogens with zero attached hydrogens (tertiary/aromatic N) is 2. The van der Waals surface area contributed by atoms with Crippen molar-refractivity contribution in [1.29, 1.82) is 0 Å². The molecule has 0 aliphatic carbocycles. The van der Waals surface area contributed by atoms with Gasteiger partial charge in [-0.05, 0) is 36.4 Å². The second-order valence-corrected chi connectivity index (χ2v) is 6.23. The molecular formula is C14H10FN3O2S. The minimum atomic E-state index is -3.94. The van der Waals surface area contributed by atoms with Gasteiger partial charge >= 0.3 is 0 Å². The maximum Gasteiger partial charge on any atom is 0.227 e. The van der Waals surface area contributed by atoms with Crippen molar-refractivity contribution in [2.24, 2.45) is 0 Å². The van der Waals surface area contributed by atoms with Crippen molar-refractivity contribution in [3.63, 3.8) is 0 Å². The van der Waals surface area contributed by atoms with Gasteiger partial charge in [0.25, 0.3) is 0 Å². The molecule has 0 fully saturated rings. The van der Waals surface area contributed by atoms with E-state index in [-0.39, 0.29) is 15.7 Å². The van der Waals surface area contributed by atoms with Crippen molar-refractivity contribution in [2.45, 2.75) is 9.92 Å². The Morgan fingerprint density at radius 1 is 0.905 bits per heavy atom. The summed E-state index contributed by atoms with van der Waals surface area (Å²) in [4.78, 5) is 8.04. The topological polar surface area (TPSA) is 85.9 Å². The minimum Gasteiger partial charge on any atom is -0.381 e. The van der Waals surface area contributed by atoms with Crippen molar-refractivity contribution in [2.75, 3.05) is 5.73 Å². The Morgan fingerprint density at radius 3 is 2.10 bits per heavy atom. The minimum absolute atomic E-state index is 0.0832. The molecule has 0 unspecified atom stereocenters. The van der Waals surface area contributed by atoms with Crippen LogP contribution in [0.1, 0.15) is 0 Å². The fourth-order valence-corrected chi connectivity index (χ4v) is 3.18. The molecule has 2 N–H and O–H groups in total. The zero-order chi connectivity index (χ0) is 15.0. The van der Waals surface area contributed by atoms with Gasteiger partial charge < -0.3 is 5.73 Å². The van der Waals surface area contributed by atoms with Gasteiger partial charge in [-0.15, -0.1) is 0 Å². The third-order valence-corrected chi connectivity index (χ3v) is 4.64. The van der Waals surface area contributed by atoms with Crippen LogP contribution in [0.5, 0.6) is 0 Å². The lowest BCUT2D eigenvalue weighted by molar-refractivity contribution is 0.591. The van der Waals surface area contributed by atoms with E-state index in [1.807, 2.05) is 0 Å². The summed E-state index contributed by atoms with van der Waals surface area (Å²) in [5.41, 5.74) is 6.64. The first-order valence-electron chi connectivity index (χ1n) is 6.01. The van der Waals surface area contributed by atoms with Crippen LogP contribution in [0.2, 0.25) is 0 Å². The number of benzene rings is 2. The van der Waals surface area contributed by atoms with Crippen LogP contribution < -0.4 is 5.73 Å². The molecule has 0 radical (unpaired) electrons. The fraction of sp³-hybridized carbons (Fsp3) is 0. The monoisotopic (exact) mass is 303 g/mol. The van der Waals surface area contributed by atoms with Crippen LogP contribution in [0.3, 0.4) is 0 Å². The molecule has 0 aliphatic rings. The van der Waals surface area contributed by atoms with E-state index < -0.39 is 15.7 Å². The molecule has 2 aromatic carbocycles. The van der Waals surface area contributed by atoms with Gasteiger partial charge in [0.05, 0.1) is 15.9 Å². The maximum absolute atomic E-state index is 12.9. The van der Waals surface area contributed by atoms with Gasteiger partial charge in [-0.1, -0.05) is 12.1 Å². The molecule has 21 heavy (non-hydrogen) atoms. The smallest absolute Gasteiger partial charge is 0.227 e. The summed E-state index contributed by atoms with van der Waals surface area (Å²) < 4.78 is 37.9. The van der Waals surface area contributed by atoms with Crippen molar-refractivity contribution in [3.05, 3.63) is 54.3 Å². The van der Waals surface area contributed by atoms with E-state index in [1.54, 1.807) is 24.3 Å². The van der Waals surface area contributed by atoms with Crippen molar-refractivity contribution in [1.82, 2.24) is 9.97 Å². The molecule has 1 aromatic heterocycles. The summed E-state index contributed by atoms with van der Waals surface area (Å²) in [5.74, 6) is -0.704. The number of para-hydroxylation sites is 2. The van der Waals surface area contributed by atoms with E-state index in [4.69, 9.17) is 5.73 Å². The van der Waals surface area contributed by atoms with Gasteiger partial charge in [0, 0.05) is 0 Å². The molecule has 1 heterocycles. The standard InChI is InChI=1S/C14H10FN3O2S/c15-9-5-7-10(8-6-9)21(19,20)14-13(16)17-11-3-1-2-4-12(11)18-14/h1-8H,(H2,16,17). The zero-order valence-corrected chi connectivity index (χ0v) is 11.5. The van der Waals surface area contributed by atoms with Crippen LogP contribution >= 0.6 is 0 Å². The second kappa shape index (κ2) is 4.78. The number of sulfone groups is 1. The third-order valence-electron chi connectivity index (χ3n) is 2.94. The molecule has 0 bridgehead atoms. The molecule has 0 spiro atoms. The summed E-state index contributed by atoms with van der Waals surface area (Å²) in [6.07, 6.45) is 0. The summed E-state index contributed by atoms with van der Waals surface area (Å²) in [7, 11) is -3.94. The summed E-state index contributed by atoms with van der Waals surface area (Å²) in [5, 5.41) is -0.326. The first-order valence-corrected chi connectivity index (χ1v) is 7.50.